The number of aromatic nitrogens is 2. The first-order chi connectivity index (χ1) is 9.72. The lowest BCUT2D eigenvalue weighted by Crippen LogP contribution is -2.48. The maximum absolute atomic E-state index is 12.1. The summed E-state index contributed by atoms with van der Waals surface area (Å²) in [7, 11) is 0. The number of aryl methyl sites for hydroxylation is 1. The van der Waals surface area contributed by atoms with Gasteiger partial charge in [-0.05, 0) is 19.1 Å². The van der Waals surface area contributed by atoms with Crippen LogP contribution in [0.25, 0.3) is 0 Å². The number of amides is 1. The first-order valence-corrected chi connectivity index (χ1v) is 6.57. The third-order valence-corrected chi connectivity index (χ3v) is 3.32. The van der Waals surface area contributed by atoms with Gasteiger partial charge in [0.1, 0.15) is 0 Å². The molecule has 0 N–H and O–H groups in total. The molecule has 0 aromatic carbocycles. The minimum atomic E-state index is -0.0525. The lowest BCUT2D eigenvalue weighted by molar-refractivity contribution is 0.0585. The highest BCUT2D eigenvalue weighted by Gasteiger charge is 2.24. The first-order valence-electron chi connectivity index (χ1n) is 6.57. The molecule has 1 aliphatic rings. The van der Waals surface area contributed by atoms with Crippen molar-refractivity contribution < 1.29 is 13.7 Å². The van der Waals surface area contributed by atoms with E-state index in [9.17, 15) is 4.79 Å². The molecule has 1 amide bonds. The van der Waals surface area contributed by atoms with Crippen LogP contribution in [0.15, 0.2) is 27.3 Å². The number of nitrogens with zero attached hydrogens (tertiary/aromatic N) is 4. The molecular formula is C13H16N4O3. The molecule has 0 bridgehead atoms. The Balaban J connectivity index is 1.53. The van der Waals surface area contributed by atoms with Gasteiger partial charge in [0.05, 0.1) is 12.8 Å². The van der Waals surface area contributed by atoms with E-state index >= 15 is 0 Å². The SMILES string of the molecule is Cc1noc(CN2CCN(C(=O)c3ccco3)CC2)n1. The van der Waals surface area contributed by atoms with Gasteiger partial charge in [0.2, 0.25) is 5.89 Å². The summed E-state index contributed by atoms with van der Waals surface area (Å²) in [4.78, 5) is 20.3. The fourth-order valence-electron chi connectivity index (χ4n) is 2.26. The van der Waals surface area contributed by atoms with Crippen molar-refractivity contribution in [2.75, 3.05) is 26.2 Å². The van der Waals surface area contributed by atoms with Gasteiger partial charge >= 0.3 is 0 Å². The Morgan fingerprint density at radius 3 is 2.75 bits per heavy atom. The van der Waals surface area contributed by atoms with Gasteiger partial charge in [-0.25, -0.2) is 0 Å². The second-order valence-electron chi connectivity index (χ2n) is 4.78. The highest BCUT2D eigenvalue weighted by atomic mass is 16.5. The van der Waals surface area contributed by atoms with Gasteiger partial charge in [0.15, 0.2) is 11.6 Å². The Labute approximate surface area is 116 Å². The largest absolute Gasteiger partial charge is 0.459 e. The number of carbonyl (C=O) groups is 1. The molecule has 1 saturated heterocycles. The fourth-order valence-corrected chi connectivity index (χ4v) is 2.26. The summed E-state index contributed by atoms with van der Waals surface area (Å²) in [6.07, 6.45) is 1.52. The van der Waals surface area contributed by atoms with Crippen LogP contribution in [0.1, 0.15) is 22.3 Å². The van der Waals surface area contributed by atoms with Crippen LogP contribution in [0.2, 0.25) is 0 Å². The van der Waals surface area contributed by atoms with Crippen molar-refractivity contribution >= 4 is 5.91 Å². The number of rotatable bonds is 3. The van der Waals surface area contributed by atoms with Crippen LogP contribution >= 0.6 is 0 Å². The summed E-state index contributed by atoms with van der Waals surface area (Å²) in [5.74, 6) is 1.61. The molecule has 0 aliphatic carbocycles. The van der Waals surface area contributed by atoms with Crippen LogP contribution in [0.5, 0.6) is 0 Å². The Bertz CT molecular complexity index is 570. The van der Waals surface area contributed by atoms with Gasteiger partial charge in [-0.1, -0.05) is 5.16 Å². The maximum atomic E-state index is 12.1. The molecule has 0 unspecified atom stereocenters. The normalized spacial score (nSPS) is 16.6. The van der Waals surface area contributed by atoms with Gasteiger partial charge in [-0.2, -0.15) is 4.98 Å². The second-order valence-corrected chi connectivity index (χ2v) is 4.78. The quantitative estimate of drug-likeness (QED) is 0.830. The molecule has 7 nitrogen and oxygen atoms in total. The molecule has 3 rings (SSSR count). The van der Waals surface area contributed by atoms with E-state index in [0.717, 1.165) is 13.1 Å². The monoisotopic (exact) mass is 276 g/mol. The van der Waals surface area contributed by atoms with Crippen molar-refractivity contribution in [1.82, 2.24) is 19.9 Å². The van der Waals surface area contributed by atoms with Crippen molar-refractivity contribution in [2.24, 2.45) is 0 Å². The van der Waals surface area contributed by atoms with E-state index in [1.54, 1.807) is 24.0 Å². The number of piperazine rings is 1. The first kappa shape index (κ1) is 12.9. The van der Waals surface area contributed by atoms with Crippen LogP contribution in [-0.2, 0) is 6.54 Å². The standard InChI is InChI=1S/C13H16N4O3/c1-10-14-12(20-15-10)9-16-4-6-17(7-5-16)13(18)11-3-2-8-19-11/h2-3,8H,4-7,9H2,1H3. The summed E-state index contributed by atoms with van der Waals surface area (Å²) in [6.45, 7) is 5.34. The van der Waals surface area contributed by atoms with Gasteiger partial charge in [-0.15, -0.1) is 0 Å². The molecule has 3 heterocycles. The van der Waals surface area contributed by atoms with E-state index < -0.39 is 0 Å². The lowest BCUT2D eigenvalue weighted by atomic mass is 10.3. The summed E-state index contributed by atoms with van der Waals surface area (Å²) in [5, 5.41) is 3.77. The van der Waals surface area contributed by atoms with Crippen molar-refractivity contribution in [2.45, 2.75) is 13.5 Å². The summed E-state index contributed by atoms with van der Waals surface area (Å²) < 4.78 is 10.2. The van der Waals surface area contributed by atoms with Gasteiger partial charge in [0.25, 0.3) is 5.91 Å². The minimum Gasteiger partial charge on any atom is -0.459 e. The summed E-state index contributed by atoms with van der Waals surface area (Å²) in [6, 6.07) is 3.41. The Hall–Kier alpha value is -2.15. The predicted octanol–water partition coefficient (Wildman–Crippen LogP) is 0.929. The molecule has 0 atom stereocenters. The topological polar surface area (TPSA) is 75.6 Å². The fraction of sp³-hybridized carbons (Fsp3) is 0.462. The molecule has 0 saturated carbocycles. The van der Waals surface area contributed by atoms with Gasteiger partial charge in [-0.3, -0.25) is 9.69 Å². The zero-order chi connectivity index (χ0) is 13.9. The van der Waals surface area contributed by atoms with Crippen LogP contribution < -0.4 is 0 Å². The Kier molecular flexibility index (Phi) is 3.51. The van der Waals surface area contributed by atoms with Crippen molar-refractivity contribution in [3.63, 3.8) is 0 Å². The molecule has 7 heteroatoms. The molecule has 0 spiro atoms. The summed E-state index contributed by atoms with van der Waals surface area (Å²) >= 11 is 0. The Morgan fingerprint density at radius 1 is 1.35 bits per heavy atom. The summed E-state index contributed by atoms with van der Waals surface area (Å²) in [5.41, 5.74) is 0. The molecular weight excluding hydrogens is 260 g/mol. The number of hydrogen-bond acceptors (Lipinski definition) is 6. The molecule has 1 aliphatic heterocycles. The van der Waals surface area contributed by atoms with Gasteiger partial charge in [0, 0.05) is 26.2 Å². The van der Waals surface area contributed by atoms with E-state index in [1.807, 2.05) is 0 Å². The van der Waals surface area contributed by atoms with Crippen LogP contribution in [-0.4, -0.2) is 52.0 Å². The second kappa shape index (κ2) is 5.46. The third kappa shape index (κ3) is 2.72. The highest BCUT2D eigenvalue weighted by Crippen LogP contribution is 2.11. The average Bonchev–Trinajstić information content (AvgIpc) is 3.11. The van der Waals surface area contributed by atoms with Crippen LogP contribution in [0.3, 0.4) is 0 Å². The van der Waals surface area contributed by atoms with E-state index in [2.05, 4.69) is 15.0 Å². The molecule has 1 fully saturated rings. The Morgan fingerprint density at radius 2 is 2.15 bits per heavy atom. The van der Waals surface area contributed by atoms with Crippen molar-refractivity contribution in [3.8, 4) is 0 Å². The minimum absolute atomic E-state index is 0.0525. The molecule has 106 valence electrons. The smallest absolute Gasteiger partial charge is 0.289 e. The van der Waals surface area contributed by atoms with Crippen molar-refractivity contribution in [3.05, 3.63) is 35.9 Å². The van der Waals surface area contributed by atoms with Gasteiger partial charge < -0.3 is 13.8 Å². The lowest BCUT2D eigenvalue weighted by Gasteiger charge is -2.33. The number of furan rings is 1. The van der Waals surface area contributed by atoms with E-state index in [0.29, 0.717) is 37.1 Å². The molecule has 0 radical (unpaired) electrons. The third-order valence-electron chi connectivity index (χ3n) is 3.32. The molecule has 2 aromatic rings. The van der Waals surface area contributed by atoms with E-state index in [-0.39, 0.29) is 5.91 Å². The number of hydrogen-bond donors (Lipinski definition) is 0. The van der Waals surface area contributed by atoms with Crippen LogP contribution in [0, 0.1) is 6.92 Å². The zero-order valence-corrected chi connectivity index (χ0v) is 11.3. The van der Waals surface area contributed by atoms with E-state index in [4.69, 9.17) is 8.94 Å². The van der Waals surface area contributed by atoms with E-state index in [1.165, 1.54) is 6.26 Å². The molecule has 20 heavy (non-hydrogen) atoms. The molecule has 2 aromatic heterocycles. The van der Waals surface area contributed by atoms with Crippen LogP contribution in [0.4, 0.5) is 0 Å². The number of carbonyl (C=O) groups excluding carboxylic acids is 1. The maximum Gasteiger partial charge on any atom is 0.289 e. The highest BCUT2D eigenvalue weighted by molar-refractivity contribution is 5.91. The zero-order valence-electron chi connectivity index (χ0n) is 11.3. The average molecular weight is 276 g/mol. The predicted molar refractivity (Wildman–Crippen MR) is 68.9 cm³/mol. The van der Waals surface area contributed by atoms with Crippen molar-refractivity contribution in [1.29, 1.82) is 0 Å².